The van der Waals surface area contributed by atoms with E-state index < -0.39 is 23.5 Å². The van der Waals surface area contributed by atoms with Gasteiger partial charge in [0.15, 0.2) is 12.0 Å². The second-order valence-corrected chi connectivity index (χ2v) is 9.73. The van der Waals surface area contributed by atoms with Gasteiger partial charge < -0.3 is 15.0 Å². The molecule has 13 heteroatoms. The Bertz CT molecular complexity index is 1410. The van der Waals surface area contributed by atoms with Gasteiger partial charge in [-0.1, -0.05) is 29.8 Å². The van der Waals surface area contributed by atoms with Gasteiger partial charge in [0.05, 0.1) is 24.0 Å². The SMILES string of the molecule is CC(=O)Nc1nn(Cc2ccccc2C(F)(F)F)c2c1CN(c1cnn(C3CCCCO3)c(=O)c1Cl)CC2. The van der Waals surface area contributed by atoms with E-state index >= 15 is 0 Å². The normalized spacial score (nSPS) is 17.8. The molecule has 202 valence electrons. The fraction of sp³-hybridized carbons (Fsp3) is 0.440. The van der Waals surface area contributed by atoms with Crippen molar-refractivity contribution in [1.29, 1.82) is 0 Å². The highest BCUT2D eigenvalue weighted by Crippen LogP contribution is 2.35. The fourth-order valence-corrected chi connectivity index (χ4v) is 5.22. The van der Waals surface area contributed by atoms with Crippen LogP contribution in [-0.4, -0.2) is 38.6 Å². The Balaban J connectivity index is 1.46. The first-order chi connectivity index (χ1) is 18.1. The summed E-state index contributed by atoms with van der Waals surface area (Å²) in [6.45, 7) is 2.42. The number of aromatic nitrogens is 4. The van der Waals surface area contributed by atoms with E-state index in [-0.39, 0.29) is 35.4 Å². The molecule has 5 rings (SSSR count). The van der Waals surface area contributed by atoms with Crippen molar-refractivity contribution < 1.29 is 22.7 Å². The van der Waals surface area contributed by atoms with Crippen LogP contribution in [0.15, 0.2) is 35.3 Å². The van der Waals surface area contributed by atoms with Crippen molar-refractivity contribution in [3.05, 3.63) is 68.2 Å². The van der Waals surface area contributed by atoms with E-state index in [0.717, 1.165) is 18.9 Å². The van der Waals surface area contributed by atoms with E-state index in [9.17, 15) is 22.8 Å². The number of benzene rings is 1. The number of nitrogens with one attached hydrogen (secondary N) is 1. The summed E-state index contributed by atoms with van der Waals surface area (Å²) in [5, 5.41) is 11.5. The summed E-state index contributed by atoms with van der Waals surface area (Å²) in [6.07, 6.45) is -0.508. The third-order valence-corrected chi connectivity index (χ3v) is 7.12. The summed E-state index contributed by atoms with van der Waals surface area (Å²) in [6, 6.07) is 5.35. The van der Waals surface area contributed by atoms with E-state index in [2.05, 4.69) is 15.5 Å². The number of amides is 1. The Morgan fingerprint density at radius 1 is 1.26 bits per heavy atom. The molecule has 0 saturated carbocycles. The number of fused-ring (bicyclic) bond motifs is 1. The van der Waals surface area contributed by atoms with Crippen molar-refractivity contribution >= 4 is 29.0 Å². The predicted molar refractivity (Wildman–Crippen MR) is 134 cm³/mol. The van der Waals surface area contributed by atoms with E-state index in [1.165, 1.54) is 34.6 Å². The number of nitrogens with zero attached hydrogens (tertiary/aromatic N) is 5. The number of hydrogen-bond donors (Lipinski definition) is 1. The second kappa shape index (κ2) is 10.4. The monoisotopic (exact) mass is 550 g/mol. The number of halogens is 4. The van der Waals surface area contributed by atoms with Crippen molar-refractivity contribution in [1.82, 2.24) is 19.6 Å². The van der Waals surface area contributed by atoms with E-state index in [1.807, 2.05) is 4.90 Å². The van der Waals surface area contributed by atoms with Crippen LogP contribution in [-0.2, 0) is 35.2 Å². The maximum Gasteiger partial charge on any atom is 0.416 e. The number of hydrogen-bond acceptors (Lipinski definition) is 6. The molecule has 1 atom stereocenters. The smallest absolute Gasteiger partial charge is 0.364 e. The summed E-state index contributed by atoms with van der Waals surface area (Å²) < 4.78 is 49.2. The highest BCUT2D eigenvalue weighted by Gasteiger charge is 2.34. The number of ether oxygens (including phenoxy) is 1. The molecule has 2 aromatic heterocycles. The zero-order valence-electron chi connectivity index (χ0n) is 20.6. The van der Waals surface area contributed by atoms with Crippen molar-refractivity contribution in [2.24, 2.45) is 0 Å². The first-order valence-electron chi connectivity index (χ1n) is 12.3. The van der Waals surface area contributed by atoms with E-state index in [0.29, 0.717) is 42.9 Å². The number of carbonyl (C=O) groups excluding carboxylic acids is 1. The molecule has 0 aliphatic carbocycles. The molecule has 1 saturated heterocycles. The first-order valence-corrected chi connectivity index (χ1v) is 12.7. The van der Waals surface area contributed by atoms with Crippen LogP contribution in [0, 0.1) is 0 Å². The van der Waals surface area contributed by atoms with Gasteiger partial charge in [0.1, 0.15) is 5.02 Å². The summed E-state index contributed by atoms with van der Waals surface area (Å²) in [4.78, 5) is 26.7. The minimum Gasteiger partial charge on any atom is -0.364 e. The van der Waals surface area contributed by atoms with Crippen molar-refractivity contribution in [2.45, 2.75) is 58.1 Å². The van der Waals surface area contributed by atoms with Crippen LogP contribution < -0.4 is 15.8 Å². The molecule has 1 amide bonds. The molecule has 9 nitrogen and oxygen atoms in total. The second-order valence-electron chi connectivity index (χ2n) is 9.35. The van der Waals surface area contributed by atoms with Crippen LogP contribution in [0.5, 0.6) is 0 Å². The highest BCUT2D eigenvalue weighted by molar-refractivity contribution is 6.33. The number of rotatable bonds is 5. The zero-order chi connectivity index (χ0) is 27.0. The molecule has 4 heterocycles. The number of anilines is 2. The summed E-state index contributed by atoms with van der Waals surface area (Å²) in [5.74, 6) is -0.102. The molecule has 2 aliphatic heterocycles. The minimum atomic E-state index is -4.51. The Morgan fingerprint density at radius 3 is 2.76 bits per heavy atom. The molecule has 0 bridgehead atoms. The lowest BCUT2D eigenvalue weighted by Crippen LogP contribution is -2.36. The largest absolute Gasteiger partial charge is 0.416 e. The number of alkyl halides is 3. The zero-order valence-corrected chi connectivity index (χ0v) is 21.3. The molecule has 1 N–H and O–H groups in total. The van der Waals surface area contributed by atoms with Crippen LogP contribution in [0.4, 0.5) is 24.7 Å². The van der Waals surface area contributed by atoms with Gasteiger partial charge in [-0.2, -0.15) is 28.1 Å². The van der Waals surface area contributed by atoms with Gasteiger partial charge in [0.2, 0.25) is 5.91 Å². The fourth-order valence-electron chi connectivity index (χ4n) is 4.97. The first kappa shape index (κ1) is 26.2. The molecule has 2 aliphatic rings. The molecule has 0 spiro atoms. The van der Waals surface area contributed by atoms with Crippen LogP contribution in [0.2, 0.25) is 5.02 Å². The molecule has 38 heavy (non-hydrogen) atoms. The lowest BCUT2D eigenvalue weighted by molar-refractivity contribution is -0.138. The van der Waals surface area contributed by atoms with E-state index in [4.69, 9.17) is 16.3 Å². The standard InChI is InChI=1S/C25H26ClF3N6O3/c1-15(36)31-23-17-14-33(20-12-30-35(24(37)22(20)26)21-8-4-5-11-38-21)10-9-19(17)34(32-23)13-16-6-2-3-7-18(16)25(27,28)29/h2-3,6-7,12,21H,4-5,8-11,13-14H2,1H3,(H,31,32,36). The minimum absolute atomic E-state index is 0.00481. The molecular weight excluding hydrogens is 525 g/mol. The molecule has 1 aromatic carbocycles. The Morgan fingerprint density at radius 2 is 2.05 bits per heavy atom. The lowest BCUT2D eigenvalue weighted by atomic mass is 10.0. The maximum absolute atomic E-state index is 13.6. The third kappa shape index (κ3) is 5.14. The summed E-state index contributed by atoms with van der Waals surface area (Å²) >= 11 is 6.51. The average molecular weight is 551 g/mol. The van der Waals surface area contributed by atoms with Crippen molar-refractivity contribution in [2.75, 3.05) is 23.4 Å². The molecule has 3 aromatic rings. The predicted octanol–water partition coefficient (Wildman–Crippen LogP) is 4.38. The van der Waals surface area contributed by atoms with Crippen molar-refractivity contribution in [3.8, 4) is 0 Å². The number of carbonyl (C=O) groups is 1. The third-order valence-electron chi connectivity index (χ3n) is 6.77. The van der Waals surface area contributed by atoms with Crippen LogP contribution in [0.1, 0.15) is 54.8 Å². The quantitative estimate of drug-likeness (QED) is 0.507. The van der Waals surface area contributed by atoms with Gasteiger partial charge >= 0.3 is 6.18 Å². The topological polar surface area (TPSA) is 94.3 Å². The van der Waals surface area contributed by atoms with Gasteiger partial charge in [0.25, 0.3) is 5.56 Å². The summed E-state index contributed by atoms with van der Waals surface area (Å²) in [7, 11) is 0. The molecule has 1 fully saturated rings. The molecule has 1 unspecified atom stereocenters. The van der Waals surface area contributed by atoms with Gasteiger partial charge in [-0.3, -0.25) is 14.3 Å². The van der Waals surface area contributed by atoms with Gasteiger partial charge in [-0.25, -0.2) is 0 Å². The van der Waals surface area contributed by atoms with Gasteiger partial charge in [-0.05, 0) is 30.9 Å². The van der Waals surface area contributed by atoms with E-state index in [1.54, 1.807) is 6.07 Å². The molecular formula is C25H26ClF3N6O3. The van der Waals surface area contributed by atoms with Crippen molar-refractivity contribution in [3.63, 3.8) is 0 Å². The molecule has 0 radical (unpaired) electrons. The maximum atomic E-state index is 13.6. The highest BCUT2D eigenvalue weighted by atomic mass is 35.5. The van der Waals surface area contributed by atoms with Crippen LogP contribution >= 0.6 is 11.6 Å². The Hall–Kier alpha value is -3.38. The Kier molecular flexibility index (Phi) is 7.19. The lowest BCUT2D eigenvalue weighted by Gasteiger charge is -2.31. The Labute approximate surface area is 221 Å². The van der Waals surface area contributed by atoms with Crippen LogP contribution in [0.3, 0.4) is 0 Å². The summed E-state index contributed by atoms with van der Waals surface area (Å²) in [5.41, 5.74) is 0.662. The van der Waals surface area contributed by atoms with Gasteiger partial charge in [0, 0.05) is 44.3 Å². The van der Waals surface area contributed by atoms with Crippen LogP contribution in [0.25, 0.3) is 0 Å². The van der Waals surface area contributed by atoms with Gasteiger partial charge in [-0.15, -0.1) is 0 Å². The average Bonchev–Trinajstić information content (AvgIpc) is 3.21.